The number of amides is 1. The van der Waals surface area contributed by atoms with E-state index in [1.165, 1.54) is 17.8 Å². The Morgan fingerprint density at radius 1 is 1.13 bits per heavy atom. The second-order valence-electron chi connectivity index (χ2n) is 6.62. The molecular weight excluding hydrogens is 418 g/mol. The molecular formula is C17H19N5O9. The molecule has 0 spiro atoms. The van der Waals surface area contributed by atoms with Crippen molar-refractivity contribution in [1.29, 1.82) is 0 Å². The van der Waals surface area contributed by atoms with Crippen LogP contribution in [-0.2, 0) is 33.3 Å². The topological polar surface area (TPSA) is 195 Å². The van der Waals surface area contributed by atoms with Crippen molar-refractivity contribution < 1.29 is 38.1 Å². The molecule has 31 heavy (non-hydrogen) atoms. The number of rotatable bonds is 6. The monoisotopic (exact) mass is 437 g/mol. The Labute approximate surface area is 173 Å². The number of esters is 3. The van der Waals surface area contributed by atoms with Gasteiger partial charge < -0.3 is 29.7 Å². The third kappa shape index (κ3) is 4.53. The van der Waals surface area contributed by atoms with Crippen LogP contribution in [0.15, 0.2) is 11.1 Å². The molecule has 0 bridgehead atoms. The quantitative estimate of drug-likeness (QED) is 0.396. The van der Waals surface area contributed by atoms with Crippen LogP contribution in [0.25, 0.3) is 11.2 Å². The van der Waals surface area contributed by atoms with Crippen LogP contribution in [0.4, 0.5) is 0 Å². The first kappa shape index (κ1) is 21.9. The predicted octanol–water partition coefficient (Wildman–Crippen LogP) is -1.46. The molecule has 0 aliphatic carbocycles. The summed E-state index contributed by atoms with van der Waals surface area (Å²) in [6, 6.07) is 0. The Bertz CT molecular complexity index is 1110. The van der Waals surface area contributed by atoms with Gasteiger partial charge >= 0.3 is 17.9 Å². The molecule has 166 valence electrons. The number of fused-ring (bicyclic) bond motifs is 1. The lowest BCUT2D eigenvalue weighted by Gasteiger charge is -2.23. The number of nitrogens with zero attached hydrogens (tertiary/aromatic N) is 3. The van der Waals surface area contributed by atoms with Gasteiger partial charge in [-0.05, 0) is 0 Å². The summed E-state index contributed by atoms with van der Waals surface area (Å²) in [6.45, 7) is 3.16. The van der Waals surface area contributed by atoms with E-state index in [4.69, 9.17) is 24.7 Å². The van der Waals surface area contributed by atoms with Crippen LogP contribution in [0.2, 0.25) is 0 Å². The Morgan fingerprint density at radius 2 is 1.77 bits per heavy atom. The molecule has 3 N–H and O–H groups in total. The highest BCUT2D eigenvalue weighted by molar-refractivity contribution is 5.90. The maximum Gasteiger partial charge on any atom is 0.303 e. The molecule has 1 aliphatic rings. The molecule has 2 aromatic heterocycles. The van der Waals surface area contributed by atoms with Crippen LogP contribution in [-0.4, -0.2) is 68.3 Å². The van der Waals surface area contributed by atoms with Gasteiger partial charge in [0.05, 0.1) is 6.33 Å². The third-order valence-electron chi connectivity index (χ3n) is 4.28. The maximum absolute atomic E-state index is 12.2. The van der Waals surface area contributed by atoms with Crippen molar-refractivity contribution in [3.8, 4) is 0 Å². The molecule has 0 saturated carbocycles. The average Bonchev–Trinajstić information content (AvgIpc) is 3.21. The summed E-state index contributed by atoms with van der Waals surface area (Å²) in [5, 5.41) is 0. The first-order chi connectivity index (χ1) is 14.6. The van der Waals surface area contributed by atoms with E-state index in [0.29, 0.717) is 0 Å². The zero-order valence-electron chi connectivity index (χ0n) is 16.7. The first-order valence-corrected chi connectivity index (χ1v) is 8.98. The molecule has 1 fully saturated rings. The van der Waals surface area contributed by atoms with E-state index in [-0.39, 0.29) is 17.8 Å². The van der Waals surface area contributed by atoms with E-state index in [0.717, 1.165) is 13.8 Å². The Kier molecular flexibility index (Phi) is 6.01. The molecule has 1 aliphatic heterocycles. The fourth-order valence-electron chi connectivity index (χ4n) is 3.15. The van der Waals surface area contributed by atoms with E-state index in [1.807, 2.05) is 0 Å². The van der Waals surface area contributed by atoms with E-state index in [1.54, 1.807) is 0 Å². The lowest BCUT2D eigenvalue weighted by atomic mass is 10.1. The number of aromatic amines is 1. The number of nitrogens with one attached hydrogen (secondary N) is 1. The predicted molar refractivity (Wildman–Crippen MR) is 98.3 cm³/mol. The van der Waals surface area contributed by atoms with Crippen molar-refractivity contribution >= 4 is 35.0 Å². The van der Waals surface area contributed by atoms with Crippen LogP contribution in [0.5, 0.6) is 0 Å². The van der Waals surface area contributed by atoms with Crippen LogP contribution >= 0.6 is 0 Å². The average molecular weight is 437 g/mol. The zero-order valence-corrected chi connectivity index (χ0v) is 16.7. The smallest absolute Gasteiger partial charge is 0.303 e. The molecule has 3 heterocycles. The summed E-state index contributed by atoms with van der Waals surface area (Å²) < 4.78 is 22.6. The van der Waals surface area contributed by atoms with Gasteiger partial charge in [-0.2, -0.15) is 0 Å². The first-order valence-electron chi connectivity index (χ1n) is 8.98. The molecule has 1 saturated heterocycles. The second-order valence-corrected chi connectivity index (χ2v) is 6.62. The van der Waals surface area contributed by atoms with E-state index >= 15 is 0 Å². The Balaban J connectivity index is 2.09. The summed E-state index contributed by atoms with van der Waals surface area (Å²) in [7, 11) is 0. The molecule has 3 rings (SSSR count). The Hall–Kier alpha value is -3.81. The standard InChI is InChI=1S/C17H19N5O9/c1-6(23)28-4-9-11(29-7(2)24)12(30-8(3)25)17(31-9)22-5-19-10-15(22)20-14(13(18)26)21-16(10)27/h5,9,11-12,17H,4H2,1-3H3,(H2,18,26)(H,20,21,27)/t9-,11-,12-,17-/m1/s1. The van der Waals surface area contributed by atoms with Gasteiger partial charge in [-0.3, -0.25) is 28.5 Å². The normalized spacial score (nSPS) is 22.8. The SMILES string of the molecule is CC(=O)OC[C@H]1O[C@@H](n2cnc3c(=O)[nH]c(C(N)=O)nc32)[C@H](OC(C)=O)[C@@H]1OC(C)=O. The van der Waals surface area contributed by atoms with Gasteiger partial charge in [0, 0.05) is 20.8 Å². The number of carbonyl (C=O) groups is 4. The minimum absolute atomic E-state index is 0.0885. The third-order valence-corrected chi connectivity index (χ3v) is 4.28. The highest BCUT2D eigenvalue weighted by Gasteiger charge is 2.51. The summed E-state index contributed by atoms with van der Waals surface area (Å²) in [6.07, 6.45) is -3.39. The van der Waals surface area contributed by atoms with Crippen molar-refractivity contribution in [1.82, 2.24) is 19.5 Å². The van der Waals surface area contributed by atoms with Gasteiger partial charge in [-0.1, -0.05) is 0 Å². The summed E-state index contributed by atoms with van der Waals surface area (Å²) >= 11 is 0. The number of primary amides is 1. The van der Waals surface area contributed by atoms with Crippen molar-refractivity contribution in [3.05, 3.63) is 22.5 Å². The van der Waals surface area contributed by atoms with Crippen LogP contribution in [0.1, 0.15) is 37.6 Å². The molecule has 1 amide bonds. The fraction of sp³-hybridized carbons (Fsp3) is 0.471. The summed E-state index contributed by atoms with van der Waals surface area (Å²) in [5.41, 5.74) is 4.24. The zero-order chi connectivity index (χ0) is 22.9. The van der Waals surface area contributed by atoms with Crippen molar-refractivity contribution in [2.75, 3.05) is 6.61 Å². The molecule has 0 radical (unpaired) electrons. The number of carbonyl (C=O) groups excluding carboxylic acids is 4. The number of hydrogen-bond acceptors (Lipinski definition) is 11. The number of hydrogen-bond donors (Lipinski definition) is 2. The molecule has 14 nitrogen and oxygen atoms in total. The summed E-state index contributed by atoms with van der Waals surface area (Å²) in [5.74, 6) is -3.42. The van der Waals surface area contributed by atoms with Gasteiger partial charge in [0.25, 0.3) is 11.5 Å². The molecule has 0 unspecified atom stereocenters. The summed E-state index contributed by atoms with van der Waals surface area (Å²) in [4.78, 5) is 68.4. The van der Waals surface area contributed by atoms with Gasteiger partial charge in [-0.15, -0.1) is 0 Å². The fourth-order valence-corrected chi connectivity index (χ4v) is 3.15. The van der Waals surface area contributed by atoms with Crippen molar-refractivity contribution in [2.24, 2.45) is 5.73 Å². The second kappa shape index (κ2) is 8.51. The van der Waals surface area contributed by atoms with E-state index < -0.39 is 59.7 Å². The molecule has 4 atom stereocenters. The Morgan fingerprint density at radius 3 is 2.35 bits per heavy atom. The van der Waals surface area contributed by atoms with Crippen molar-refractivity contribution in [2.45, 2.75) is 45.3 Å². The van der Waals surface area contributed by atoms with Crippen LogP contribution in [0.3, 0.4) is 0 Å². The molecule has 14 heteroatoms. The largest absolute Gasteiger partial charge is 0.463 e. The highest BCUT2D eigenvalue weighted by Crippen LogP contribution is 2.35. The minimum atomic E-state index is -1.21. The van der Waals surface area contributed by atoms with Crippen molar-refractivity contribution in [3.63, 3.8) is 0 Å². The van der Waals surface area contributed by atoms with Gasteiger partial charge in [-0.25, -0.2) is 9.97 Å². The van der Waals surface area contributed by atoms with E-state index in [2.05, 4.69) is 15.0 Å². The number of nitrogens with two attached hydrogens (primary N) is 1. The lowest BCUT2D eigenvalue weighted by molar-refractivity contribution is -0.166. The van der Waals surface area contributed by atoms with Gasteiger partial charge in [0.15, 0.2) is 29.6 Å². The van der Waals surface area contributed by atoms with Gasteiger partial charge in [0.1, 0.15) is 12.7 Å². The van der Waals surface area contributed by atoms with E-state index in [9.17, 15) is 24.0 Å². The number of aromatic nitrogens is 4. The maximum atomic E-state index is 12.2. The molecule has 2 aromatic rings. The van der Waals surface area contributed by atoms with Gasteiger partial charge in [0.2, 0.25) is 5.82 Å². The minimum Gasteiger partial charge on any atom is -0.463 e. The number of H-pyrrole nitrogens is 1. The number of imidazole rings is 1. The van der Waals surface area contributed by atoms with Crippen LogP contribution < -0.4 is 11.3 Å². The number of ether oxygens (including phenoxy) is 4. The molecule has 0 aromatic carbocycles. The highest BCUT2D eigenvalue weighted by atomic mass is 16.7. The van der Waals surface area contributed by atoms with Crippen LogP contribution in [0, 0.1) is 0 Å². The lowest BCUT2D eigenvalue weighted by Crippen LogP contribution is -2.40.